The fourth-order valence-corrected chi connectivity index (χ4v) is 6.46. The second kappa shape index (κ2) is 10.4. The summed E-state index contributed by atoms with van der Waals surface area (Å²) in [5.41, 5.74) is 3.12. The Morgan fingerprint density at radius 2 is 0.886 bits per heavy atom. The van der Waals surface area contributed by atoms with Gasteiger partial charge in [0.05, 0.1) is 14.2 Å². The molecule has 44 heavy (non-hydrogen) atoms. The predicted molar refractivity (Wildman–Crippen MR) is 168 cm³/mol. The molecule has 0 amide bonds. The van der Waals surface area contributed by atoms with E-state index in [1.54, 1.807) is 20.3 Å². The van der Waals surface area contributed by atoms with Gasteiger partial charge in [0, 0.05) is 17.2 Å². The first kappa shape index (κ1) is 28.0. The van der Waals surface area contributed by atoms with Crippen LogP contribution in [0.2, 0.25) is 0 Å². The normalized spacial score (nSPS) is 23.3. The van der Waals surface area contributed by atoms with Crippen molar-refractivity contribution in [2.45, 2.75) is 37.3 Å². The molecule has 5 aromatic rings. The molecule has 222 valence electrons. The van der Waals surface area contributed by atoms with Gasteiger partial charge < -0.3 is 29.2 Å². The monoisotopic (exact) mass is 586 g/mol. The highest BCUT2D eigenvalue weighted by molar-refractivity contribution is 5.62. The second-order valence-corrected chi connectivity index (χ2v) is 11.7. The van der Waals surface area contributed by atoms with Crippen molar-refractivity contribution in [2.75, 3.05) is 14.2 Å². The van der Waals surface area contributed by atoms with Crippen LogP contribution in [0.15, 0.2) is 109 Å². The van der Waals surface area contributed by atoms with Gasteiger partial charge in [-0.1, -0.05) is 83.9 Å². The Morgan fingerprint density at radius 1 is 0.523 bits per heavy atom. The molecule has 5 aromatic carbocycles. The second-order valence-electron chi connectivity index (χ2n) is 11.7. The quantitative estimate of drug-likeness (QED) is 0.222. The summed E-state index contributed by atoms with van der Waals surface area (Å²) in [6.07, 6.45) is -1.50. The third-order valence-corrected chi connectivity index (χ3v) is 8.97. The molecule has 0 fully saturated rings. The summed E-state index contributed by atoms with van der Waals surface area (Å²) in [7, 11) is 3.24. The molecule has 0 radical (unpaired) electrons. The minimum atomic E-state index is -1.56. The summed E-state index contributed by atoms with van der Waals surface area (Å²) in [5, 5.41) is 25.6. The summed E-state index contributed by atoms with van der Waals surface area (Å²) in [6.45, 7) is 4.03. The Bertz CT molecular complexity index is 1680. The Labute approximate surface area is 257 Å². The highest BCUT2D eigenvalue weighted by Gasteiger charge is 2.55. The number of rotatable bonds is 6. The van der Waals surface area contributed by atoms with Crippen molar-refractivity contribution in [2.24, 2.45) is 0 Å². The van der Waals surface area contributed by atoms with Crippen LogP contribution in [-0.2, 0) is 11.2 Å². The number of ether oxygens (including phenoxy) is 4. The van der Waals surface area contributed by atoms with Crippen molar-refractivity contribution in [1.29, 1.82) is 0 Å². The van der Waals surface area contributed by atoms with Gasteiger partial charge in [0.15, 0.2) is 23.4 Å². The number of hydrogen-bond acceptors (Lipinski definition) is 6. The third-order valence-electron chi connectivity index (χ3n) is 8.97. The first-order valence-corrected chi connectivity index (χ1v) is 14.6. The Hall–Kier alpha value is -4.78. The molecule has 2 aliphatic rings. The predicted octanol–water partition coefficient (Wildman–Crippen LogP) is 7.06. The van der Waals surface area contributed by atoms with Crippen LogP contribution in [0.25, 0.3) is 0 Å². The van der Waals surface area contributed by atoms with Gasteiger partial charge in [-0.15, -0.1) is 0 Å². The van der Waals surface area contributed by atoms with Crippen LogP contribution in [-0.4, -0.2) is 24.4 Å². The molecule has 7 rings (SSSR count). The average molecular weight is 587 g/mol. The molecular weight excluding hydrogens is 552 g/mol. The van der Waals surface area contributed by atoms with E-state index in [1.807, 2.05) is 117 Å². The fraction of sp³-hybridized carbons (Fsp3) is 0.211. The van der Waals surface area contributed by atoms with Gasteiger partial charge in [-0.3, -0.25) is 0 Å². The van der Waals surface area contributed by atoms with E-state index in [9.17, 15) is 10.2 Å². The first-order valence-electron chi connectivity index (χ1n) is 14.6. The SMILES string of the molecule is COc1ccc(C2Oc3cc4c(cc3C2(O)c2ccc(C)cc2)C(O)(c2ccc(C)cc2)C(c2ccc(OC)cc2)O4)cc1. The molecule has 4 atom stereocenters. The minimum Gasteiger partial charge on any atom is -0.497 e. The number of benzene rings is 5. The minimum absolute atomic E-state index is 0.495. The van der Waals surface area contributed by atoms with Gasteiger partial charge in [-0.05, 0) is 66.4 Å². The zero-order valence-corrected chi connectivity index (χ0v) is 25.1. The average Bonchev–Trinajstić information content (AvgIpc) is 3.52. The number of hydrogen-bond donors (Lipinski definition) is 2. The van der Waals surface area contributed by atoms with E-state index in [-0.39, 0.29) is 0 Å². The van der Waals surface area contributed by atoms with Crippen LogP contribution in [0.3, 0.4) is 0 Å². The van der Waals surface area contributed by atoms with Gasteiger partial charge in [0.1, 0.15) is 23.0 Å². The van der Waals surface area contributed by atoms with E-state index in [0.29, 0.717) is 45.3 Å². The summed E-state index contributed by atoms with van der Waals surface area (Å²) < 4.78 is 23.9. The summed E-state index contributed by atoms with van der Waals surface area (Å²) in [5.74, 6) is 2.41. The Morgan fingerprint density at radius 3 is 1.23 bits per heavy atom. The van der Waals surface area contributed by atoms with Gasteiger partial charge in [-0.2, -0.15) is 0 Å². The van der Waals surface area contributed by atoms with E-state index in [1.165, 1.54) is 0 Å². The number of methoxy groups -OCH3 is 2. The lowest BCUT2D eigenvalue weighted by molar-refractivity contribution is -0.0118. The Balaban J connectivity index is 1.42. The lowest BCUT2D eigenvalue weighted by Gasteiger charge is -2.32. The highest BCUT2D eigenvalue weighted by atomic mass is 16.5. The van der Waals surface area contributed by atoms with Crippen molar-refractivity contribution in [3.05, 3.63) is 154 Å². The molecule has 0 spiro atoms. The molecule has 2 aliphatic heterocycles. The molecule has 0 aromatic heterocycles. The molecule has 6 nitrogen and oxygen atoms in total. The molecule has 0 aliphatic carbocycles. The van der Waals surface area contributed by atoms with E-state index >= 15 is 0 Å². The summed E-state index contributed by atoms with van der Waals surface area (Å²) in [4.78, 5) is 0. The van der Waals surface area contributed by atoms with Gasteiger partial charge in [0.25, 0.3) is 0 Å². The van der Waals surface area contributed by atoms with Crippen molar-refractivity contribution >= 4 is 0 Å². The standard InChI is InChI=1S/C38H34O6/c1-23-5-13-27(14-6-23)37(39)31-21-32-34(22-33(31)43-35(37)25-9-17-29(41-3)18-10-25)44-36(26-11-19-30(42-4)20-12-26)38(32,40)28-15-7-24(2)8-16-28/h5-22,35-36,39-40H,1-4H3. The molecule has 0 bridgehead atoms. The maximum atomic E-state index is 12.8. The molecule has 0 saturated heterocycles. The third kappa shape index (κ3) is 4.25. The smallest absolute Gasteiger partial charge is 0.161 e. The number of aryl methyl sites for hydroxylation is 2. The van der Waals surface area contributed by atoms with E-state index in [4.69, 9.17) is 18.9 Å². The molecule has 6 heteroatoms. The van der Waals surface area contributed by atoms with Crippen LogP contribution in [0, 0.1) is 13.8 Å². The number of aliphatic hydroxyl groups is 2. The number of fused-ring (bicyclic) bond motifs is 2. The van der Waals surface area contributed by atoms with Gasteiger partial charge >= 0.3 is 0 Å². The largest absolute Gasteiger partial charge is 0.497 e. The van der Waals surface area contributed by atoms with Crippen LogP contribution in [0.1, 0.15) is 56.7 Å². The molecular formula is C38H34O6. The molecule has 2 N–H and O–H groups in total. The lowest BCUT2D eigenvalue weighted by atomic mass is 9.76. The zero-order valence-electron chi connectivity index (χ0n) is 25.1. The zero-order chi connectivity index (χ0) is 30.6. The topological polar surface area (TPSA) is 77.4 Å². The van der Waals surface area contributed by atoms with E-state index < -0.39 is 23.4 Å². The van der Waals surface area contributed by atoms with Crippen molar-refractivity contribution in [3.63, 3.8) is 0 Å². The highest BCUT2D eigenvalue weighted by Crippen LogP contribution is 2.59. The van der Waals surface area contributed by atoms with E-state index in [0.717, 1.165) is 22.3 Å². The van der Waals surface area contributed by atoms with Gasteiger partial charge in [-0.25, -0.2) is 0 Å². The van der Waals surface area contributed by atoms with Crippen LogP contribution in [0.5, 0.6) is 23.0 Å². The summed E-state index contributed by atoms with van der Waals surface area (Å²) >= 11 is 0. The van der Waals surface area contributed by atoms with E-state index in [2.05, 4.69) is 0 Å². The maximum Gasteiger partial charge on any atom is 0.161 e. The summed E-state index contributed by atoms with van der Waals surface area (Å²) in [6, 6.07) is 34.4. The lowest BCUT2D eigenvalue weighted by Crippen LogP contribution is -2.34. The first-order chi connectivity index (χ1) is 21.2. The Kier molecular flexibility index (Phi) is 6.65. The fourth-order valence-electron chi connectivity index (χ4n) is 6.46. The van der Waals surface area contributed by atoms with Crippen molar-refractivity contribution in [1.82, 2.24) is 0 Å². The van der Waals surface area contributed by atoms with Crippen molar-refractivity contribution < 1.29 is 29.2 Å². The van der Waals surface area contributed by atoms with Crippen molar-refractivity contribution in [3.8, 4) is 23.0 Å². The molecule has 4 unspecified atom stereocenters. The molecule has 2 heterocycles. The maximum absolute atomic E-state index is 12.8. The van der Waals surface area contributed by atoms with Gasteiger partial charge in [0.2, 0.25) is 0 Å². The van der Waals surface area contributed by atoms with Crippen LogP contribution >= 0.6 is 0 Å². The van der Waals surface area contributed by atoms with Crippen LogP contribution < -0.4 is 18.9 Å². The molecule has 0 saturated carbocycles. The van der Waals surface area contributed by atoms with Crippen LogP contribution in [0.4, 0.5) is 0 Å².